The number of rotatable bonds is 2. The maximum Gasteiger partial charge on any atom is 0.184 e. The van der Waals surface area contributed by atoms with Gasteiger partial charge in [0.2, 0.25) is 0 Å². The summed E-state index contributed by atoms with van der Waals surface area (Å²) in [6.07, 6.45) is 5.82. The third-order valence-corrected chi connectivity index (χ3v) is 1.66. The van der Waals surface area contributed by atoms with E-state index < -0.39 is 0 Å². The molecule has 1 rings (SSSR count). The van der Waals surface area contributed by atoms with Crippen molar-refractivity contribution in [1.82, 2.24) is 4.90 Å². The van der Waals surface area contributed by atoms with Crippen molar-refractivity contribution in [3.05, 3.63) is 12.8 Å². The number of nitriles is 1. The highest BCUT2D eigenvalue weighted by molar-refractivity contribution is 5.88. The summed E-state index contributed by atoms with van der Waals surface area (Å²) in [6, 6.07) is 0. The maximum atomic E-state index is 8.57. The molecule has 0 aliphatic heterocycles. The quantitative estimate of drug-likeness (QED) is 0.257. The van der Waals surface area contributed by atoms with Crippen molar-refractivity contribution in [2.24, 2.45) is 10.9 Å². The number of aliphatic imine (C=N–C) groups is 1. The fourth-order valence-corrected chi connectivity index (χ4v) is 0.952. The molecule has 0 aromatic rings. The first-order valence-electron chi connectivity index (χ1n) is 3.61. The van der Waals surface area contributed by atoms with Crippen molar-refractivity contribution in [1.29, 1.82) is 5.26 Å². The highest BCUT2D eigenvalue weighted by Crippen LogP contribution is 2.31. The van der Waals surface area contributed by atoms with E-state index in [1.807, 2.05) is 6.19 Å². The first-order valence-corrected chi connectivity index (χ1v) is 3.61. The lowest BCUT2D eigenvalue weighted by Gasteiger charge is -2.09. The molecule has 1 aliphatic carbocycles. The number of nitrogens with zero attached hydrogens (tertiary/aromatic N) is 3. The summed E-state index contributed by atoms with van der Waals surface area (Å²) in [6.45, 7) is 3.50. The highest BCUT2D eigenvalue weighted by Gasteiger charge is 2.29. The van der Waals surface area contributed by atoms with Gasteiger partial charge >= 0.3 is 0 Å². The molecule has 0 heterocycles. The number of hydrogen-bond acceptors (Lipinski definition) is 2. The Kier molecular flexibility index (Phi) is 2.27. The Morgan fingerprint density at radius 1 is 1.82 bits per heavy atom. The second-order valence-corrected chi connectivity index (χ2v) is 2.60. The summed E-state index contributed by atoms with van der Waals surface area (Å²) in [4.78, 5) is 5.54. The van der Waals surface area contributed by atoms with Crippen molar-refractivity contribution in [3.63, 3.8) is 0 Å². The fraction of sp³-hybridized carbons (Fsp3) is 0.500. The van der Waals surface area contributed by atoms with E-state index in [0.717, 1.165) is 18.7 Å². The van der Waals surface area contributed by atoms with Crippen molar-refractivity contribution in [2.45, 2.75) is 12.8 Å². The van der Waals surface area contributed by atoms with Gasteiger partial charge in [0.05, 0.1) is 0 Å². The van der Waals surface area contributed by atoms with E-state index in [0.29, 0.717) is 5.92 Å². The Bertz CT molecular complexity index is 220. The Labute approximate surface area is 66.6 Å². The molecular weight excluding hydrogens is 138 g/mol. The van der Waals surface area contributed by atoms with E-state index in [1.165, 1.54) is 11.1 Å². The van der Waals surface area contributed by atoms with E-state index in [2.05, 4.69) is 11.6 Å². The molecule has 58 valence electrons. The summed E-state index contributed by atoms with van der Waals surface area (Å²) in [5.41, 5.74) is 0. The smallest absolute Gasteiger partial charge is 0.184 e. The topological polar surface area (TPSA) is 39.4 Å². The van der Waals surface area contributed by atoms with Gasteiger partial charge in [-0.2, -0.15) is 5.26 Å². The molecule has 1 saturated carbocycles. The van der Waals surface area contributed by atoms with Gasteiger partial charge in [0.15, 0.2) is 6.19 Å². The minimum atomic E-state index is 0.498. The lowest BCUT2D eigenvalue weighted by Crippen LogP contribution is -2.22. The predicted molar refractivity (Wildman–Crippen MR) is 43.7 cm³/mol. The van der Waals surface area contributed by atoms with Gasteiger partial charge in [0.1, 0.15) is 5.84 Å². The molecule has 0 aromatic carbocycles. The maximum absolute atomic E-state index is 8.57. The SMILES string of the molecule is C=C/N=C(/C1CC1)N(C)C#N. The molecule has 0 spiro atoms. The fourth-order valence-electron chi connectivity index (χ4n) is 0.952. The van der Waals surface area contributed by atoms with Crippen LogP contribution >= 0.6 is 0 Å². The minimum absolute atomic E-state index is 0.498. The Balaban J connectivity index is 2.67. The van der Waals surface area contributed by atoms with E-state index in [4.69, 9.17) is 5.26 Å². The third-order valence-electron chi connectivity index (χ3n) is 1.66. The lowest BCUT2D eigenvalue weighted by atomic mass is 10.3. The molecule has 3 nitrogen and oxygen atoms in total. The molecule has 0 atom stereocenters. The molecule has 0 radical (unpaired) electrons. The van der Waals surface area contributed by atoms with Gasteiger partial charge in [-0.05, 0) is 12.8 Å². The van der Waals surface area contributed by atoms with Crippen LogP contribution in [0, 0.1) is 17.4 Å². The first kappa shape index (κ1) is 7.80. The van der Waals surface area contributed by atoms with Crippen LogP contribution < -0.4 is 0 Å². The van der Waals surface area contributed by atoms with Gasteiger partial charge in [-0.15, -0.1) is 0 Å². The van der Waals surface area contributed by atoms with Gasteiger partial charge in [-0.1, -0.05) is 6.58 Å². The zero-order valence-corrected chi connectivity index (χ0v) is 6.62. The van der Waals surface area contributed by atoms with E-state index >= 15 is 0 Å². The Morgan fingerprint density at radius 2 is 2.45 bits per heavy atom. The molecule has 0 bridgehead atoms. The predicted octanol–water partition coefficient (Wildman–Crippen LogP) is 1.35. The normalized spacial score (nSPS) is 17.3. The summed E-state index contributed by atoms with van der Waals surface area (Å²) in [5.74, 6) is 1.35. The molecule has 0 N–H and O–H groups in total. The minimum Gasteiger partial charge on any atom is -0.270 e. The third kappa shape index (κ3) is 1.81. The van der Waals surface area contributed by atoms with Crippen LogP contribution in [-0.4, -0.2) is 17.8 Å². The van der Waals surface area contributed by atoms with Crippen LogP contribution in [0.15, 0.2) is 17.8 Å². The zero-order chi connectivity index (χ0) is 8.27. The first-order chi connectivity index (χ1) is 5.29. The van der Waals surface area contributed by atoms with Crippen LogP contribution in [0.1, 0.15) is 12.8 Å². The molecular formula is C8H11N3. The van der Waals surface area contributed by atoms with Gasteiger partial charge in [-0.3, -0.25) is 4.90 Å². The average molecular weight is 149 g/mol. The van der Waals surface area contributed by atoms with Crippen LogP contribution in [0.25, 0.3) is 0 Å². The molecule has 0 saturated heterocycles. The summed E-state index contributed by atoms with van der Waals surface area (Å²) in [5, 5.41) is 8.57. The largest absolute Gasteiger partial charge is 0.270 e. The molecule has 11 heavy (non-hydrogen) atoms. The average Bonchev–Trinajstić information content (AvgIpc) is 2.81. The van der Waals surface area contributed by atoms with Crippen LogP contribution in [0.4, 0.5) is 0 Å². The van der Waals surface area contributed by atoms with Crippen LogP contribution in [0.2, 0.25) is 0 Å². The second kappa shape index (κ2) is 3.20. The van der Waals surface area contributed by atoms with Crippen molar-refractivity contribution in [2.75, 3.05) is 7.05 Å². The van der Waals surface area contributed by atoms with Crippen LogP contribution in [-0.2, 0) is 0 Å². The van der Waals surface area contributed by atoms with E-state index in [1.54, 1.807) is 7.05 Å². The van der Waals surface area contributed by atoms with Crippen molar-refractivity contribution < 1.29 is 0 Å². The van der Waals surface area contributed by atoms with Gasteiger partial charge in [0, 0.05) is 19.2 Å². The van der Waals surface area contributed by atoms with E-state index in [-0.39, 0.29) is 0 Å². The summed E-state index contributed by atoms with van der Waals surface area (Å²) >= 11 is 0. The van der Waals surface area contributed by atoms with Crippen LogP contribution in [0.5, 0.6) is 0 Å². The molecule has 1 aliphatic rings. The Hall–Kier alpha value is -1.30. The van der Waals surface area contributed by atoms with Gasteiger partial charge in [-0.25, -0.2) is 4.99 Å². The summed E-state index contributed by atoms with van der Waals surface area (Å²) in [7, 11) is 1.72. The molecule has 3 heteroatoms. The summed E-state index contributed by atoms with van der Waals surface area (Å²) < 4.78 is 0. The van der Waals surface area contributed by atoms with Crippen molar-refractivity contribution >= 4 is 5.84 Å². The molecule has 0 aromatic heterocycles. The zero-order valence-electron chi connectivity index (χ0n) is 6.62. The van der Waals surface area contributed by atoms with Gasteiger partial charge in [0.25, 0.3) is 0 Å². The van der Waals surface area contributed by atoms with Gasteiger partial charge < -0.3 is 0 Å². The monoisotopic (exact) mass is 149 g/mol. The number of hydrogen-bond donors (Lipinski definition) is 0. The Morgan fingerprint density at radius 3 is 2.82 bits per heavy atom. The number of amidine groups is 1. The van der Waals surface area contributed by atoms with Crippen LogP contribution in [0.3, 0.4) is 0 Å². The molecule has 0 unspecified atom stereocenters. The standard InChI is InChI=1S/C8H11N3/c1-3-10-8(7-4-5-7)11(2)6-9/h3,7H,1,4-5H2,2H3/b10-8-. The van der Waals surface area contributed by atoms with Crippen molar-refractivity contribution in [3.8, 4) is 6.19 Å². The molecule has 0 amide bonds. The highest BCUT2D eigenvalue weighted by atomic mass is 15.2. The molecule has 1 fully saturated rings. The van der Waals surface area contributed by atoms with E-state index in [9.17, 15) is 0 Å². The lowest BCUT2D eigenvalue weighted by molar-refractivity contribution is 0.679. The second-order valence-electron chi connectivity index (χ2n) is 2.60.